The Kier molecular flexibility index (Phi) is 2.14. The quantitative estimate of drug-likeness (QED) is 0.684. The molecule has 2 aliphatic rings. The number of carbonyl (C=O) groups excluding carboxylic acids is 1. The predicted octanol–water partition coefficient (Wildman–Crippen LogP) is 2.19. The molecule has 1 atom stereocenters. The minimum atomic E-state index is -0.972. The molecule has 17 heavy (non-hydrogen) atoms. The van der Waals surface area contributed by atoms with Crippen LogP contribution in [-0.2, 0) is 4.79 Å². The van der Waals surface area contributed by atoms with Crippen LogP contribution in [0.3, 0.4) is 0 Å². The fourth-order valence-corrected chi connectivity index (χ4v) is 1.78. The number of hydrogen-bond donors (Lipinski definition) is 0. The monoisotopic (exact) mass is 229 g/mol. The Morgan fingerprint density at radius 3 is 2.94 bits per heavy atom. The number of ether oxygens (including phenoxy) is 1. The van der Waals surface area contributed by atoms with Crippen LogP contribution in [0.15, 0.2) is 52.9 Å². The molecular weight excluding hydrogens is 221 g/mol. The first-order valence-corrected chi connectivity index (χ1v) is 5.17. The molecule has 0 amide bonds. The van der Waals surface area contributed by atoms with Crippen LogP contribution in [0.25, 0.3) is 0 Å². The third-order valence-electron chi connectivity index (χ3n) is 2.66. The van der Waals surface area contributed by atoms with Crippen LogP contribution >= 0.6 is 0 Å². The van der Waals surface area contributed by atoms with Gasteiger partial charge in [0.1, 0.15) is 5.75 Å². The van der Waals surface area contributed by atoms with E-state index in [0.29, 0.717) is 11.4 Å². The van der Waals surface area contributed by atoms with Crippen molar-refractivity contribution in [2.24, 2.45) is 4.99 Å². The summed E-state index contributed by atoms with van der Waals surface area (Å²) >= 11 is 0. The summed E-state index contributed by atoms with van der Waals surface area (Å²) in [7, 11) is 0. The second kappa shape index (κ2) is 3.66. The number of benzene rings is 1. The van der Waals surface area contributed by atoms with E-state index >= 15 is 0 Å². The Hall–Kier alpha value is -2.23. The molecule has 0 N–H and O–H groups in total. The zero-order valence-electron chi connectivity index (χ0n) is 8.76. The van der Waals surface area contributed by atoms with Crippen LogP contribution in [-0.4, -0.2) is 18.1 Å². The standard InChI is InChI=1S/C13H8FNO2/c14-9-5-6-10-13(12(9)16)17-11-4-2-1-3-8(11)7-15-10/h1-7,13H. The normalized spacial score (nSPS) is 21.7. The number of ketones is 1. The molecule has 0 saturated carbocycles. The first kappa shape index (κ1) is 9.96. The lowest BCUT2D eigenvalue weighted by molar-refractivity contribution is -0.122. The molecule has 0 fully saturated rings. The lowest BCUT2D eigenvalue weighted by atomic mass is 10.1. The number of fused-ring (bicyclic) bond motifs is 2. The number of carbonyl (C=O) groups is 1. The zero-order valence-corrected chi connectivity index (χ0v) is 8.76. The van der Waals surface area contributed by atoms with Gasteiger partial charge in [-0.3, -0.25) is 9.79 Å². The van der Waals surface area contributed by atoms with E-state index in [0.717, 1.165) is 11.6 Å². The minimum Gasteiger partial charge on any atom is -0.475 e. The molecule has 1 heterocycles. The van der Waals surface area contributed by atoms with Crippen LogP contribution in [0, 0.1) is 0 Å². The number of halogens is 1. The van der Waals surface area contributed by atoms with Crippen molar-refractivity contribution in [1.82, 2.24) is 0 Å². The first-order valence-electron chi connectivity index (χ1n) is 5.17. The molecule has 0 aromatic heterocycles. The van der Waals surface area contributed by atoms with Gasteiger partial charge < -0.3 is 4.74 Å². The van der Waals surface area contributed by atoms with Gasteiger partial charge >= 0.3 is 0 Å². The molecule has 3 rings (SSSR count). The van der Waals surface area contributed by atoms with E-state index in [1.807, 2.05) is 12.1 Å². The molecule has 4 heteroatoms. The van der Waals surface area contributed by atoms with Gasteiger partial charge in [0.2, 0.25) is 11.9 Å². The van der Waals surface area contributed by atoms with Crippen LogP contribution < -0.4 is 4.74 Å². The van der Waals surface area contributed by atoms with Crippen LogP contribution in [0.4, 0.5) is 4.39 Å². The molecule has 1 unspecified atom stereocenters. The number of para-hydroxylation sites is 1. The highest BCUT2D eigenvalue weighted by atomic mass is 19.1. The predicted molar refractivity (Wildman–Crippen MR) is 60.7 cm³/mol. The average molecular weight is 229 g/mol. The first-order chi connectivity index (χ1) is 8.25. The van der Waals surface area contributed by atoms with Gasteiger partial charge in [-0.25, -0.2) is 4.39 Å². The molecule has 1 aliphatic carbocycles. The van der Waals surface area contributed by atoms with Crippen molar-refractivity contribution < 1.29 is 13.9 Å². The molecule has 0 bridgehead atoms. The highest BCUT2D eigenvalue weighted by Gasteiger charge is 2.32. The van der Waals surface area contributed by atoms with Crippen molar-refractivity contribution in [3.63, 3.8) is 0 Å². The third-order valence-corrected chi connectivity index (χ3v) is 2.66. The smallest absolute Gasteiger partial charge is 0.237 e. The Bertz CT molecular complexity index is 587. The summed E-state index contributed by atoms with van der Waals surface area (Å²) in [5.41, 5.74) is 1.20. The highest BCUT2D eigenvalue weighted by molar-refractivity contribution is 6.01. The molecule has 1 aromatic rings. The highest BCUT2D eigenvalue weighted by Crippen LogP contribution is 2.28. The Balaban J connectivity index is 2.09. The van der Waals surface area contributed by atoms with E-state index in [9.17, 15) is 9.18 Å². The average Bonchev–Trinajstić information content (AvgIpc) is 2.54. The Morgan fingerprint density at radius 1 is 1.24 bits per heavy atom. The topological polar surface area (TPSA) is 38.7 Å². The Labute approximate surface area is 96.9 Å². The zero-order chi connectivity index (χ0) is 11.8. The number of aliphatic imine (C=N–C) groups is 1. The summed E-state index contributed by atoms with van der Waals surface area (Å²) in [6.45, 7) is 0. The summed E-state index contributed by atoms with van der Waals surface area (Å²) in [5.74, 6) is -0.947. The molecule has 3 nitrogen and oxygen atoms in total. The largest absolute Gasteiger partial charge is 0.475 e. The van der Waals surface area contributed by atoms with Gasteiger partial charge in [-0.05, 0) is 24.3 Å². The van der Waals surface area contributed by atoms with E-state index in [1.165, 1.54) is 6.08 Å². The second-order valence-electron chi connectivity index (χ2n) is 3.76. The number of hydrogen-bond acceptors (Lipinski definition) is 3. The van der Waals surface area contributed by atoms with Gasteiger partial charge in [0.05, 0.1) is 5.70 Å². The second-order valence-corrected chi connectivity index (χ2v) is 3.76. The fourth-order valence-electron chi connectivity index (χ4n) is 1.78. The molecule has 1 aromatic carbocycles. The summed E-state index contributed by atoms with van der Waals surface area (Å²) in [5, 5.41) is 0. The van der Waals surface area contributed by atoms with Crippen LogP contribution in [0.1, 0.15) is 5.56 Å². The minimum absolute atomic E-state index is 0.424. The maximum absolute atomic E-state index is 13.2. The van der Waals surface area contributed by atoms with Gasteiger partial charge in [0.15, 0.2) is 5.83 Å². The van der Waals surface area contributed by atoms with E-state index in [4.69, 9.17) is 4.74 Å². The van der Waals surface area contributed by atoms with Crippen LogP contribution in [0.2, 0.25) is 0 Å². The van der Waals surface area contributed by atoms with Crippen molar-refractivity contribution in [3.05, 3.63) is 53.5 Å². The summed E-state index contributed by atoms with van der Waals surface area (Å²) < 4.78 is 18.7. The number of nitrogens with zero attached hydrogens (tertiary/aromatic N) is 1. The van der Waals surface area contributed by atoms with Crippen molar-refractivity contribution in [1.29, 1.82) is 0 Å². The third kappa shape index (κ3) is 1.58. The van der Waals surface area contributed by atoms with Crippen molar-refractivity contribution in [2.45, 2.75) is 6.10 Å². The van der Waals surface area contributed by atoms with Crippen molar-refractivity contribution in [2.75, 3.05) is 0 Å². The van der Waals surface area contributed by atoms with Crippen molar-refractivity contribution >= 4 is 12.0 Å². The molecular formula is C13H8FNO2. The maximum Gasteiger partial charge on any atom is 0.237 e. The van der Waals surface area contributed by atoms with Gasteiger partial charge in [0, 0.05) is 11.8 Å². The fraction of sp³-hybridized carbons (Fsp3) is 0.0769. The molecule has 0 saturated heterocycles. The summed E-state index contributed by atoms with van der Waals surface area (Å²) in [4.78, 5) is 15.8. The lowest BCUT2D eigenvalue weighted by Crippen LogP contribution is -2.30. The van der Waals surface area contributed by atoms with Gasteiger partial charge in [0.25, 0.3) is 0 Å². The van der Waals surface area contributed by atoms with E-state index < -0.39 is 17.7 Å². The molecule has 1 aliphatic heterocycles. The number of rotatable bonds is 0. The lowest BCUT2D eigenvalue weighted by Gasteiger charge is -2.18. The SMILES string of the molecule is O=C1C(F)=CC=C2N=Cc3ccccc3OC12. The van der Waals surface area contributed by atoms with Crippen molar-refractivity contribution in [3.8, 4) is 5.75 Å². The van der Waals surface area contributed by atoms with Gasteiger partial charge in [-0.1, -0.05) is 12.1 Å². The Morgan fingerprint density at radius 2 is 2.06 bits per heavy atom. The summed E-state index contributed by atoms with van der Waals surface area (Å²) in [6, 6.07) is 7.19. The molecule has 84 valence electrons. The number of allylic oxidation sites excluding steroid dienone is 2. The van der Waals surface area contributed by atoms with E-state index in [1.54, 1.807) is 18.3 Å². The molecule has 0 radical (unpaired) electrons. The summed E-state index contributed by atoms with van der Waals surface area (Å²) in [6.07, 6.45) is 3.22. The van der Waals surface area contributed by atoms with Gasteiger partial charge in [-0.15, -0.1) is 0 Å². The number of Topliss-reactive ketones (excluding diaryl/α,β-unsaturated/α-hetero) is 1. The van der Waals surface area contributed by atoms with Gasteiger partial charge in [-0.2, -0.15) is 0 Å². The van der Waals surface area contributed by atoms with Crippen LogP contribution in [0.5, 0.6) is 5.75 Å². The van der Waals surface area contributed by atoms with E-state index in [-0.39, 0.29) is 0 Å². The molecule has 0 spiro atoms. The maximum atomic E-state index is 13.2. The van der Waals surface area contributed by atoms with E-state index in [2.05, 4.69) is 4.99 Å².